The van der Waals surface area contributed by atoms with Crippen molar-refractivity contribution in [3.8, 4) is 5.75 Å². The minimum atomic E-state index is -0.963. The third kappa shape index (κ3) is 5.93. The maximum atomic E-state index is 13.8. The van der Waals surface area contributed by atoms with Crippen molar-refractivity contribution in [3.63, 3.8) is 0 Å². The lowest BCUT2D eigenvalue weighted by Gasteiger charge is -2.13. The Hall–Kier alpha value is -3.98. The lowest BCUT2D eigenvalue weighted by atomic mass is 10.1. The normalized spacial score (nSPS) is 14.5. The van der Waals surface area contributed by atoms with Crippen LogP contribution in [0.5, 0.6) is 5.75 Å². The number of para-hydroxylation sites is 1. The van der Waals surface area contributed by atoms with Crippen LogP contribution in [0, 0.1) is 18.6 Å². The fraction of sp³-hybridized carbons (Fsp3) is 0.115. The van der Waals surface area contributed by atoms with Crippen LogP contribution in [0.2, 0.25) is 0 Å². The van der Waals surface area contributed by atoms with Crippen molar-refractivity contribution in [2.24, 2.45) is 0 Å². The predicted octanol–water partition coefficient (Wildman–Crippen LogP) is 5.53. The van der Waals surface area contributed by atoms with Gasteiger partial charge in [0, 0.05) is 11.6 Å². The molecule has 1 fully saturated rings. The van der Waals surface area contributed by atoms with Crippen LogP contribution in [-0.4, -0.2) is 28.5 Å². The van der Waals surface area contributed by atoms with Gasteiger partial charge in [-0.05, 0) is 48.5 Å². The Morgan fingerprint density at radius 2 is 1.86 bits per heavy atom. The summed E-state index contributed by atoms with van der Waals surface area (Å²) in [5, 5.41) is 1.61. The van der Waals surface area contributed by atoms with Crippen molar-refractivity contribution in [1.82, 2.24) is 4.90 Å². The first-order chi connectivity index (χ1) is 16.8. The van der Waals surface area contributed by atoms with Gasteiger partial charge in [-0.25, -0.2) is 8.78 Å². The standard InChI is InChI=1S/C26H20F2N2O4S/c1-16-5-4-6-17(11-16)15-34-22-8-3-2-7-18(22)12-23-25(32)30(26(33)35-23)14-24(31)29-21-10-9-19(27)13-20(21)28/h2-13H,14-15H2,1H3,(H,29,31). The summed E-state index contributed by atoms with van der Waals surface area (Å²) in [5.74, 6) is -2.66. The van der Waals surface area contributed by atoms with Crippen molar-refractivity contribution < 1.29 is 27.9 Å². The third-order valence-electron chi connectivity index (χ3n) is 5.06. The molecule has 0 aliphatic carbocycles. The molecule has 178 valence electrons. The number of benzene rings is 3. The van der Waals surface area contributed by atoms with E-state index in [1.165, 1.54) is 6.08 Å². The van der Waals surface area contributed by atoms with E-state index in [1.807, 2.05) is 31.2 Å². The molecular formula is C26H20F2N2O4S. The van der Waals surface area contributed by atoms with E-state index in [2.05, 4.69) is 5.32 Å². The number of carbonyl (C=O) groups excluding carboxylic acids is 3. The molecule has 3 amide bonds. The van der Waals surface area contributed by atoms with Gasteiger partial charge in [-0.3, -0.25) is 19.3 Å². The average Bonchev–Trinajstić information content (AvgIpc) is 3.08. The third-order valence-corrected chi connectivity index (χ3v) is 5.97. The summed E-state index contributed by atoms with van der Waals surface area (Å²) < 4.78 is 32.8. The molecule has 3 aromatic carbocycles. The summed E-state index contributed by atoms with van der Waals surface area (Å²) >= 11 is 0.694. The van der Waals surface area contributed by atoms with E-state index in [-0.39, 0.29) is 10.6 Å². The molecule has 1 heterocycles. The number of hydrogen-bond donors (Lipinski definition) is 1. The van der Waals surface area contributed by atoms with Crippen LogP contribution < -0.4 is 10.1 Å². The fourth-order valence-corrected chi connectivity index (χ4v) is 4.23. The Labute approximate surface area is 204 Å². The van der Waals surface area contributed by atoms with Crippen molar-refractivity contribution >= 4 is 40.6 Å². The molecule has 0 saturated carbocycles. The lowest BCUT2D eigenvalue weighted by molar-refractivity contribution is -0.127. The number of nitrogens with one attached hydrogen (secondary N) is 1. The summed E-state index contributed by atoms with van der Waals surface area (Å²) in [6.07, 6.45) is 1.54. The molecule has 0 bridgehead atoms. The van der Waals surface area contributed by atoms with E-state index >= 15 is 0 Å². The first-order valence-electron chi connectivity index (χ1n) is 10.6. The number of amides is 3. The van der Waals surface area contributed by atoms with Crippen molar-refractivity contribution in [2.75, 3.05) is 11.9 Å². The molecule has 1 saturated heterocycles. The molecular weight excluding hydrogens is 474 g/mol. The topological polar surface area (TPSA) is 75.7 Å². The first kappa shape index (κ1) is 24.2. The van der Waals surface area contributed by atoms with Gasteiger partial charge in [-0.2, -0.15) is 0 Å². The molecule has 1 N–H and O–H groups in total. The number of thioether (sulfide) groups is 1. The Kier molecular flexibility index (Phi) is 7.26. The van der Waals surface area contributed by atoms with Crippen molar-refractivity contribution in [2.45, 2.75) is 13.5 Å². The number of imide groups is 1. The number of ether oxygens (including phenoxy) is 1. The number of carbonyl (C=O) groups is 3. The molecule has 1 aliphatic heterocycles. The second kappa shape index (κ2) is 10.5. The van der Waals surface area contributed by atoms with Crippen LogP contribution in [0.15, 0.2) is 71.6 Å². The second-order valence-corrected chi connectivity index (χ2v) is 8.75. The Morgan fingerprint density at radius 1 is 1.06 bits per heavy atom. The number of halogens is 2. The van der Waals surface area contributed by atoms with Gasteiger partial charge in [-0.1, -0.05) is 48.0 Å². The van der Waals surface area contributed by atoms with E-state index in [9.17, 15) is 23.2 Å². The molecule has 3 aromatic rings. The quantitative estimate of drug-likeness (QED) is 0.438. The number of nitrogens with zero attached hydrogens (tertiary/aromatic N) is 1. The zero-order valence-electron chi connectivity index (χ0n) is 18.6. The van der Waals surface area contributed by atoms with E-state index < -0.39 is 35.2 Å². The van der Waals surface area contributed by atoms with Gasteiger partial charge in [-0.15, -0.1) is 0 Å². The number of hydrogen-bond acceptors (Lipinski definition) is 5. The molecule has 0 unspecified atom stereocenters. The van der Waals surface area contributed by atoms with E-state index in [4.69, 9.17) is 4.74 Å². The second-order valence-electron chi connectivity index (χ2n) is 7.76. The zero-order valence-corrected chi connectivity index (χ0v) is 19.4. The molecule has 0 atom stereocenters. The summed E-state index contributed by atoms with van der Waals surface area (Å²) in [5.41, 5.74) is 2.45. The molecule has 4 rings (SSSR count). The molecule has 35 heavy (non-hydrogen) atoms. The highest BCUT2D eigenvalue weighted by Crippen LogP contribution is 2.34. The lowest BCUT2D eigenvalue weighted by Crippen LogP contribution is -2.36. The van der Waals surface area contributed by atoms with Gasteiger partial charge in [0.15, 0.2) is 0 Å². The highest BCUT2D eigenvalue weighted by atomic mass is 32.2. The Balaban J connectivity index is 1.45. The van der Waals surface area contributed by atoms with Crippen LogP contribution in [0.25, 0.3) is 6.08 Å². The largest absolute Gasteiger partial charge is 0.488 e. The summed E-state index contributed by atoms with van der Waals surface area (Å²) in [4.78, 5) is 38.4. The molecule has 0 spiro atoms. The molecule has 9 heteroatoms. The van der Waals surface area contributed by atoms with Crippen molar-refractivity contribution in [1.29, 1.82) is 0 Å². The van der Waals surface area contributed by atoms with Gasteiger partial charge in [0.1, 0.15) is 30.5 Å². The molecule has 0 aromatic heterocycles. The molecule has 6 nitrogen and oxygen atoms in total. The van der Waals surface area contributed by atoms with Crippen LogP contribution in [0.1, 0.15) is 16.7 Å². The Bertz CT molecular complexity index is 1340. The van der Waals surface area contributed by atoms with Gasteiger partial charge >= 0.3 is 0 Å². The number of aryl methyl sites for hydroxylation is 1. The van der Waals surface area contributed by atoms with Crippen LogP contribution in [-0.2, 0) is 16.2 Å². The first-order valence-corrected chi connectivity index (χ1v) is 11.4. The van der Waals surface area contributed by atoms with Gasteiger partial charge in [0.05, 0.1) is 10.6 Å². The van der Waals surface area contributed by atoms with Gasteiger partial charge < -0.3 is 10.1 Å². The SMILES string of the molecule is Cc1cccc(COc2ccccc2C=C2SC(=O)N(CC(=O)Nc3ccc(F)cc3F)C2=O)c1. The van der Waals surface area contributed by atoms with Crippen molar-refractivity contribution in [3.05, 3.63) is 100.0 Å². The van der Waals surface area contributed by atoms with Gasteiger partial charge in [0.2, 0.25) is 5.91 Å². The number of anilines is 1. The van der Waals surface area contributed by atoms with E-state index in [1.54, 1.807) is 24.3 Å². The predicted molar refractivity (Wildman–Crippen MR) is 130 cm³/mol. The molecule has 1 aliphatic rings. The van der Waals surface area contributed by atoms with Crippen LogP contribution in [0.3, 0.4) is 0 Å². The van der Waals surface area contributed by atoms with E-state index in [0.29, 0.717) is 35.7 Å². The Morgan fingerprint density at radius 3 is 2.63 bits per heavy atom. The minimum Gasteiger partial charge on any atom is -0.488 e. The highest BCUT2D eigenvalue weighted by Gasteiger charge is 2.36. The zero-order chi connectivity index (χ0) is 24.9. The van der Waals surface area contributed by atoms with Gasteiger partial charge in [0.25, 0.3) is 11.1 Å². The summed E-state index contributed by atoms with van der Waals surface area (Å²) in [6, 6.07) is 17.6. The maximum absolute atomic E-state index is 13.8. The smallest absolute Gasteiger partial charge is 0.294 e. The maximum Gasteiger partial charge on any atom is 0.294 e. The molecule has 0 radical (unpaired) electrons. The summed E-state index contributed by atoms with van der Waals surface area (Å²) in [7, 11) is 0. The summed E-state index contributed by atoms with van der Waals surface area (Å²) in [6.45, 7) is 1.71. The van der Waals surface area contributed by atoms with Crippen LogP contribution >= 0.6 is 11.8 Å². The highest BCUT2D eigenvalue weighted by molar-refractivity contribution is 8.18. The fourth-order valence-electron chi connectivity index (χ4n) is 3.40. The van der Waals surface area contributed by atoms with E-state index in [0.717, 1.165) is 28.2 Å². The average molecular weight is 495 g/mol. The monoisotopic (exact) mass is 494 g/mol. The minimum absolute atomic E-state index is 0.127. The van der Waals surface area contributed by atoms with Crippen LogP contribution in [0.4, 0.5) is 19.3 Å². The number of rotatable bonds is 7.